The molecule has 158 valence electrons. The van der Waals surface area contributed by atoms with Crippen molar-refractivity contribution in [2.75, 3.05) is 7.05 Å². The van der Waals surface area contributed by atoms with Crippen LogP contribution in [0.2, 0.25) is 0 Å². The normalized spacial score (nSPS) is 14.9. The fraction of sp³-hybridized carbons (Fsp3) is 0.409. The Morgan fingerprint density at radius 3 is 2.63 bits per heavy atom. The van der Waals surface area contributed by atoms with Crippen LogP contribution < -0.4 is 11.2 Å². The summed E-state index contributed by atoms with van der Waals surface area (Å²) in [5.41, 5.74) is 0.206. The number of nitrogens with zero attached hydrogens (tertiary/aromatic N) is 3. The number of aromatic nitrogens is 2. The van der Waals surface area contributed by atoms with Gasteiger partial charge in [0.05, 0.1) is 11.2 Å². The van der Waals surface area contributed by atoms with E-state index < -0.39 is 17.1 Å². The van der Waals surface area contributed by atoms with Crippen molar-refractivity contribution < 1.29 is 9.18 Å². The quantitative estimate of drug-likeness (QED) is 0.638. The van der Waals surface area contributed by atoms with Crippen molar-refractivity contribution in [2.24, 2.45) is 0 Å². The summed E-state index contributed by atoms with van der Waals surface area (Å²) in [5.74, 6) is -0.594. The van der Waals surface area contributed by atoms with Gasteiger partial charge < -0.3 is 4.90 Å². The topological polar surface area (TPSA) is 64.3 Å². The SMILES string of the molecule is Cc1cc(F)ccc1-n1c(=O)c2sccc2n(CC(=O)N(C)C2CCCCC2)c1=O. The van der Waals surface area contributed by atoms with E-state index >= 15 is 0 Å². The maximum absolute atomic E-state index is 13.6. The molecule has 1 saturated carbocycles. The van der Waals surface area contributed by atoms with Gasteiger partial charge in [0.25, 0.3) is 5.56 Å². The summed E-state index contributed by atoms with van der Waals surface area (Å²) in [6.45, 7) is 1.51. The standard InChI is InChI=1S/C22H24FN3O3S/c1-14-12-15(23)8-9-17(14)26-21(28)20-18(10-11-30-20)25(22(26)29)13-19(27)24(2)16-6-4-3-5-7-16/h8-12,16H,3-7,13H2,1-2H3. The molecule has 2 aromatic heterocycles. The number of benzene rings is 1. The Bertz CT molecular complexity index is 1220. The fourth-order valence-electron chi connectivity index (χ4n) is 4.24. The third kappa shape index (κ3) is 3.60. The number of hydrogen-bond acceptors (Lipinski definition) is 4. The van der Waals surface area contributed by atoms with E-state index in [1.165, 1.54) is 40.5 Å². The maximum Gasteiger partial charge on any atom is 0.336 e. The molecule has 4 rings (SSSR count). The molecule has 0 radical (unpaired) electrons. The predicted octanol–water partition coefficient (Wildman–Crippen LogP) is 3.45. The Balaban J connectivity index is 1.80. The lowest BCUT2D eigenvalue weighted by molar-refractivity contribution is -0.133. The Kier molecular flexibility index (Phi) is 5.60. The van der Waals surface area contributed by atoms with Crippen LogP contribution in [0.25, 0.3) is 15.9 Å². The van der Waals surface area contributed by atoms with Gasteiger partial charge in [0.15, 0.2) is 0 Å². The van der Waals surface area contributed by atoms with Gasteiger partial charge in [-0.3, -0.25) is 14.2 Å². The zero-order valence-electron chi connectivity index (χ0n) is 17.1. The monoisotopic (exact) mass is 429 g/mol. The van der Waals surface area contributed by atoms with Gasteiger partial charge >= 0.3 is 5.69 Å². The molecule has 3 aromatic rings. The van der Waals surface area contributed by atoms with Crippen LogP contribution in [-0.2, 0) is 11.3 Å². The van der Waals surface area contributed by atoms with E-state index in [0.717, 1.165) is 30.3 Å². The molecule has 8 heteroatoms. The molecule has 6 nitrogen and oxygen atoms in total. The lowest BCUT2D eigenvalue weighted by Crippen LogP contribution is -2.44. The molecule has 30 heavy (non-hydrogen) atoms. The van der Waals surface area contributed by atoms with Crippen LogP contribution in [0.3, 0.4) is 0 Å². The molecule has 0 bridgehead atoms. The molecular weight excluding hydrogens is 405 g/mol. The first kappa shape index (κ1) is 20.5. The number of carbonyl (C=O) groups is 1. The molecule has 0 unspecified atom stereocenters. The molecular formula is C22H24FN3O3S. The molecule has 0 aliphatic heterocycles. The van der Waals surface area contributed by atoms with Crippen LogP contribution >= 0.6 is 11.3 Å². The third-order valence-corrected chi connectivity index (χ3v) is 6.86. The van der Waals surface area contributed by atoms with Crippen LogP contribution in [0, 0.1) is 12.7 Å². The summed E-state index contributed by atoms with van der Waals surface area (Å²) in [4.78, 5) is 41.1. The van der Waals surface area contributed by atoms with Gasteiger partial charge in [-0.1, -0.05) is 19.3 Å². The van der Waals surface area contributed by atoms with Crippen LogP contribution in [0.4, 0.5) is 4.39 Å². The number of halogens is 1. The van der Waals surface area contributed by atoms with Gasteiger partial charge in [-0.05, 0) is 55.0 Å². The van der Waals surface area contributed by atoms with Crippen LogP contribution in [0.5, 0.6) is 0 Å². The van der Waals surface area contributed by atoms with Gasteiger partial charge in [-0.25, -0.2) is 13.8 Å². The second-order valence-electron chi connectivity index (χ2n) is 7.87. The second kappa shape index (κ2) is 8.18. The highest BCUT2D eigenvalue weighted by Crippen LogP contribution is 2.22. The van der Waals surface area contributed by atoms with Gasteiger partial charge in [0.2, 0.25) is 5.91 Å². The van der Waals surface area contributed by atoms with Gasteiger partial charge in [-0.15, -0.1) is 11.3 Å². The molecule has 1 aliphatic carbocycles. The second-order valence-corrected chi connectivity index (χ2v) is 8.79. The van der Waals surface area contributed by atoms with Crippen LogP contribution in [0.1, 0.15) is 37.7 Å². The summed E-state index contributed by atoms with van der Waals surface area (Å²) >= 11 is 1.23. The van der Waals surface area contributed by atoms with Gasteiger partial charge in [-0.2, -0.15) is 0 Å². The van der Waals surface area contributed by atoms with E-state index in [-0.39, 0.29) is 18.5 Å². The number of fused-ring (bicyclic) bond motifs is 1. The zero-order chi connectivity index (χ0) is 21.4. The van der Waals surface area contributed by atoms with Gasteiger partial charge in [0, 0.05) is 13.1 Å². The first-order valence-electron chi connectivity index (χ1n) is 10.1. The lowest BCUT2D eigenvalue weighted by atomic mass is 9.94. The average Bonchev–Trinajstić information content (AvgIpc) is 3.22. The molecule has 1 amide bonds. The molecule has 0 saturated heterocycles. The summed E-state index contributed by atoms with van der Waals surface area (Å²) in [6, 6.07) is 5.81. The number of amides is 1. The molecule has 1 aliphatic rings. The summed E-state index contributed by atoms with van der Waals surface area (Å²) < 4.78 is 16.4. The minimum absolute atomic E-state index is 0.139. The number of hydrogen-bond donors (Lipinski definition) is 0. The van der Waals surface area contributed by atoms with E-state index in [1.54, 1.807) is 30.3 Å². The van der Waals surface area contributed by atoms with Gasteiger partial charge in [0.1, 0.15) is 17.1 Å². The van der Waals surface area contributed by atoms with E-state index in [2.05, 4.69) is 0 Å². The summed E-state index contributed by atoms with van der Waals surface area (Å²) in [6.07, 6.45) is 5.34. The van der Waals surface area contributed by atoms with Crippen molar-refractivity contribution in [3.8, 4) is 5.69 Å². The molecule has 0 atom stereocenters. The zero-order valence-corrected chi connectivity index (χ0v) is 17.9. The predicted molar refractivity (Wildman–Crippen MR) is 116 cm³/mol. The molecule has 1 fully saturated rings. The van der Waals surface area contributed by atoms with E-state index in [1.807, 2.05) is 0 Å². The number of likely N-dealkylation sites (N-methyl/N-ethyl adjacent to an activating group) is 1. The van der Waals surface area contributed by atoms with Crippen molar-refractivity contribution in [3.63, 3.8) is 0 Å². The van der Waals surface area contributed by atoms with Crippen LogP contribution in [0.15, 0.2) is 39.2 Å². The number of aryl methyl sites for hydroxylation is 1. The number of rotatable bonds is 4. The largest absolute Gasteiger partial charge is 0.341 e. The highest BCUT2D eigenvalue weighted by atomic mass is 32.1. The molecule has 0 spiro atoms. The van der Waals surface area contributed by atoms with Crippen molar-refractivity contribution in [1.29, 1.82) is 0 Å². The van der Waals surface area contributed by atoms with Crippen molar-refractivity contribution >= 4 is 27.5 Å². The third-order valence-electron chi connectivity index (χ3n) is 5.96. The van der Waals surface area contributed by atoms with E-state index in [4.69, 9.17) is 0 Å². The summed E-state index contributed by atoms with van der Waals surface area (Å²) in [5, 5.41) is 1.74. The minimum Gasteiger partial charge on any atom is -0.341 e. The Morgan fingerprint density at radius 1 is 1.20 bits per heavy atom. The number of thiophene rings is 1. The smallest absolute Gasteiger partial charge is 0.336 e. The first-order chi connectivity index (χ1) is 14.4. The lowest BCUT2D eigenvalue weighted by Gasteiger charge is -2.31. The minimum atomic E-state index is -0.592. The van der Waals surface area contributed by atoms with Crippen molar-refractivity contribution in [3.05, 3.63) is 61.9 Å². The van der Waals surface area contributed by atoms with Crippen molar-refractivity contribution in [2.45, 2.75) is 51.6 Å². The van der Waals surface area contributed by atoms with E-state index in [9.17, 15) is 18.8 Å². The Morgan fingerprint density at radius 2 is 1.93 bits per heavy atom. The summed E-state index contributed by atoms with van der Waals surface area (Å²) in [7, 11) is 1.79. The van der Waals surface area contributed by atoms with Crippen molar-refractivity contribution in [1.82, 2.24) is 14.0 Å². The highest BCUT2D eigenvalue weighted by molar-refractivity contribution is 7.17. The van der Waals surface area contributed by atoms with Crippen LogP contribution in [-0.4, -0.2) is 33.0 Å². The Hall–Kier alpha value is -2.74. The maximum atomic E-state index is 13.6. The highest BCUT2D eigenvalue weighted by Gasteiger charge is 2.24. The number of carbonyl (C=O) groups excluding carboxylic acids is 1. The fourth-order valence-corrected chi connectivity index (χ4v) is 5.07. The Labute approximate surface area is 177 Å². The molecule has 0 N–H and O–H groups in total. The first-order valence-corrected chi connectivity index (χ1v) is 11.0. The molecule has 1 aromatic carbocycles. The molecule has 2 heterocycles. The average molecular weight is 430 g/mol. The van der Waals surface area contributed by atoms with E-state index in [0.29, 0.717) is 21.5 Å².